The van der Waals surface area contributed by atoms with E-state index < -0.39 is 19.5 Å². The van der Waals surface area contributed by atoms with Crippen LogP contribution in [0.15, 0.2) is 0 Å². The van der Waals surface area contributed by atoms with E-state index in [0.717, 1.165) is 25.7 Å². The number of rotatable bonds is 4. The second kappa shape index (κ2) is 5.41. The van der Waals surface area contributed by atoms with Crippen LogP contribution in [0.2, 0.25) is 0 Å². The Bertz CT molecular complexity index is 236. The van der Waals surface area contributed by atoms with Crippen LogP contribution >= 0.6 is 7.60 Å². The molecule has 0 radical (unpaired) electrons. The Morgan fingerprint density at radius 2 is 1.80 bits per heavy atom. The number of aliphatic hydroxyl groups is 1. The first-order valence-electron chi connectivity index (χ1n) is 5.40. The fraction of sp³-hybridized carbons (Fsp3) is 1.00. The third-order valence-electron chi connectivity index (χ3n) is 3.06. The standard InChI is InChI=1S/C9H20NO4P/c10-8(9(11)15(12,13)14)6-7-4-2-1-3-5-7/h7-9,11H,1-6,10H2,(H2,12,13,14). The molecule has 0 aromatic rings. The molecule has 0 spiro atoms. The van der Waals surface area contributed by atoms with E-state index in [1.807, 2.05) is 0 Å². The molecule has 1 fully saturated rings. The Balaban J connectivity index is 2.40. The van der Waals surface area contributed by atoms with Crippen molar-refractivity contribution in [2.24, 2.45) is 11.7 Å². The Kier molecular flexibility index (Phi) is 4.74. The van der Waals surface area contributed by atoms with Gasteiger partial charge in [0.25, 0.3) is 0 Å². The summed E-state index contributed by atoms with van der Waals surface area (Å²) in [5.74, 6) is -1.30. The van der Waals surface area contributed by atoms with Gasteiger partial charge in [0.2, 0.25) is 0 Å². The highest BCUT2D eigenvalue weighted by Crippen LogP contribution is 2.42. The Labute approximate surface area is 89.8 Å². The Hall–Kier alpha value is 0.0700. The van der Waals surface area contributed by atoms with Crippen molar-refractivity contribution in [1.82, 2.24) is 0 Å². The van der Waals surface area contributed by atoms with Crippen molar-refractivity contribution in [3.63, 3.8) is 0 Å². The SMILES string of the molecule is NC(CC1CCCCC1)C(O)P(=O)(O)O. The van der Waals surface area contributed by atoms with Gasteiger partial charge < -0.3 is 20.6 Å². The third-order valence-corrected chi connectivity index (χ3v) is 4.13. The maximum Gasteiger partial charge on any atom is 0.355 e. The van der Waals surface area contributed by atoms with Gasteiger partial charge in [0.05, 0.1) is 0 Å². The van der Waals surface area contributed by atoms with E-state index in [1.54, 1.807) is 0 Å². The molecule has 0 aromatic carbocycles. The quantitative estimate of drug-likeness (QED) is 0.541. The molecular weight excluding hydrogens is 217 g/mol. The van der Waals surface area contributed by atoms with Gasteiger partial charge in [-0.15, -0.1) is 0 Å². The van der Waals surface area contributed by atoms with Crippen LogP contribution in [0.3, 0.4) is 0 Å². The summed E-state index contributed by atoms with van der Waals surface area (Å²) < 4.78 is 10.8. The summed E-state index contributed by atoms with van der Waals surface area (Å²) in [4.78, 5) is 17.5. The normalized spacial score (nSPS) is 23.7. The van der Waals surface area contributed by atoms with Crippen LogP contribution < -0.4 is 5.73 Å². The fourth-order valence-electron chi connectivity index (χ4n) is 2.18. The number of hydrogen-bond donors (Lipinski definition) is 4. The molecule has 1 aliphatic rings. The van der Waals surface area contributed by atoms with Crippen LogP contribution in [0.1, 0.15) is 38.5 Å². The van der Waals surface area contributed by atoms with E-state index in [2.05, 4.69) is 0 Å². The molecule has 90 valence electrons. The molecule has 15 heavy (non-hydrogen) atoms. The maximum absolute atomic E-state index is 10.8. The van der Waals surface area contributed by atoms with Crippen LogP contribution in [0.4, 0.5) is 0 Å². The van der Waals surface area contributed by atoms with Crippen LogP contribution in [0.25, 0.3) is 0 Å². The van der Waals surface area contributed by atoms with Crippen molar-refractivity contribution in [3.05, 3.63) is 0 Å². The smallest absolute Gasteiger partial charge is 0.355 e. The summed E-state index contributed by atoms with van der Waals surface area (Å²) in [6.45, 7) is 0. The molecule has 1 aliphatic carbocycles. The summed E-state index contributed by atoms with van der Waals surface area (Å²) >= 11 is 0. The molecule has 0 amide bonds. The lowest BCUT2D eigenvalue weighted by Gasteiger charge is -2.27. The van der Waals surface area contributed by atoms with E-state index in [-0.39, 0.29) is 0 Å². The number of aliphatic hydroxyl groups excluding tert-OH is 1. The predicted octanol–water partition coefficient (Wildman–Crippen LogP) is 0.780. The average Bonchev–Trinajstić information content (AvgIpc) is 2.16. The first-order chi connectivity index (χ1) is 6.91. The van der Waals surface area contributed by atoms with Gasteiger partial charge in [-0.05, 0) is 12.3 Å². The third kappa shape index (κ3) is 4.21. The number of nitrogens with two attached hydrogens (primary N) is 1. The first-order valence-corrected chi connectivity index (χ1v) is 7.08. The molecule has 6 heteroatoms. The van der Waals surface area contributed by atoms with Crippen molar-refractivity contribution < 1.29 is 19.5 Å². The lowest BCUT2D eigenvalue weighted by molar-refractivity contribution is 0.158. The van der Waals surface area contributed by atoms with E-state index in [0.29, 0.717) is 12.3 Å². The molecule has 0 saturated heterocycles. The monoisotopic (exact) mass is 237 g/mol. The van der Waals surface area contributed by atoms with Crippen molar-refractivity contribution in [1.29, 1.82) is 0 Å². The zero-order valence-electron chi connectivity index (χ0n) is 8.75. The minimum absolute atomic E-state index is 0.412. The van der Waals surface area contributed by atoms with Crippen LogP contribution in [0.5, 0.6) is 0 Å². The molecule has 0 bridgehead atoms. The Morgan fingerprint density at radius 3 is 2.27 bits per heavy atom. The summed E-state index contributed by atoms with van der Waals surface area (Å²) in [5.41, 5.74) is 5.59. The van der Waals surface area contributed by atoms with Gasteiger partial charge in [-0.1, -0.05) is 32.1 Å². The fourth-order valence-corrected chi connectivity index (χ4v) is 2.80. The van der Waals surface area contributed by atoms with E-state index in [4.69, 9.17) is 15.5 Å². The minimum Gasteiger partial charge on any atom is -0.379 e. The topological polar surface area (TPSA) is 104 Å². The molecular formula is C9H20NO4P. The second-order valence-corrected chi connectivity index (χ2v) is 6.11. The van der Waals surface area contributed by atoms with E-state index in [9.17, 15) is 9.67 Å². The molecule has 5 nitrogen and oxygen atoms in total. The van der Waals surface area contributed by atoms with Crippen molar-refractivity contribution in [2.45, 2.75) is 50.4 Å². The predicted molar refractivity (Wildman–Crippen MR) is 57.2 cm³/mol. The molecule has 2 unspecified atom stereocenters. The van der Waals surface area contributed by atoms with Gasteiger partial charge in [-0.3, -0.25) is 4.57 Å². The van der Waals surface area contributed by atoms with Gasteiger partial charge in [0.1, 0.15) is 0 Å². The lowest BCUT2D eigenvalue weighted by atomic mass is 9.85. The molecule has 0 heterocycles. The highest BCUT2D eigenvalue weighted by molar-refractivity contribution is 7.52. The minimum atomic E-state index is -4.45. The molecule has 5 N–H and O–H groups in total. The maximum atomic E-state index is 10.8. The van der Waals surface area contributed by atoms with Gasteiger partial charge in [0, 0.05) is 6.04 Å². The average molecular weight is 237 g/mol. The van der Waals surface area contributed by atoms with Crippen LogP contribution in [-0.4, -0.2) is 26.8 Å². The first kappa shape index (κ1) is 13.1. The Morgan fingerprint density at radius 1 is 1.27 bits per heavy atom. The summed E-state index contributed by atoms with van der Waals surface area (Å²) in [5, 5.41) is 9.30. The van der Waals surface area contributed by atoms with Gasteiger partial charge in [-0.2, -0.15) is 0 Å². The molecule has 0 aromatic heterocycles. The zero-order chi connectivity index (χ0) is 11.5. The molecule has 2 atom stereocenters. The van der Waals surface area contributed by atoms with Gasteiger partial charge in [-0.25, -0.2) is 0 Å². The highest BCUT2D eigenvalue weighted by Gasteiger charge is 2.33. The lowest BCUT2D eigenvalue weighted by Crippen LogP contribution is -2.36. The van der Waals surface area contributed by atoms with Crippen LogP contribution in [0, 0.1) is 5.92 Å². The summed E-state index contributed by atoms with van der Waals surface area (Å²) in [7, 11) is -4.45. The van der Waals surface area contributed by atoms with Crippen molar-refractivity contribution in [2.75, 3.05) is 0 Å². The summed E-state index contributed by atoms with van der Waals surface area (Å²) in [6, 6.07) is -0.811. The van der Waals surface area contributed by atoms with Gasteiger partial charge >= 0.3 is 7.60 Å². The van der Waals surface area contributed by atoms with Crippen molar-refractivity contribution >= 4 is 7.60 Å². The van der Waals surface area contributed by atoms with E-state index >= 15 is 0 Å². The number of hydrogen-bond acceptors (Lipinski definition) is 3. The van der Waals surface area contributed by atoms with Gasteiger partial charge in [0.15, 0.2) is 5.85 Å². The van der Waals surface area contributed by atoms with E-state index in [1.165, 1.54) is 6.42 Å². The molecule has 1 rings (SSSR count). The van der Waals surface area contributed by atoms with Crippen molar-refractivity contribution in [3.8, 4) is 0 Å². The second-order valence-electron chi connectivity index (χ2n) is 4.41. The largest absolute Gasteiger partial charge is 0.379 e. The highest BCUT2D eigenvalue weighted by atomic mass is 31.2. The van der Waals surface area contributed by atoms with Crippen LogP contribution in [-0.2, 0) is 4.57 Å². The zero-order valence-corrected chi connectivity index (χ0v) is 9.64. The summed E-state index contributed by atoms with van der Waals surface area (Å²) in [6.07, 6.45) is 6.16. The molecule has 1 saturated carbocycles. The molecule has 0 aliphatic heterocycles.